The van der Waals surface area contributed by atoms with Crippen LogP contribution < -0.4 is 11.2 Å². The highest BCUT2D eigenvalue weighted by atomic mass is 19.2. The minimum Gasteiger partial charge on any atom is -0.394 e. The molecule has 13 heteroatoms. The van der Waals surface area contributed by atoms with Gasteiger partial charge in [-0.3, -0.25) is 14.3 Å². The molecule has 1 aromatic heterocycles. The molecule has 0 amide bonds. The molecule has 0 spiro atoms. The second-order valence-corrected chi connectivity index (χ2v) is 6.88. The number of alkyl halides is 1. The smallest absolute Gasteiger partial charge is 0.330 e. The number of aliphatic hydroxyl groups is 6. The van der Waals surface area contributed by atoms with Crippen LogP contribution in [0.25, 0.3) is 0 Å². The van der Waals surface area contributed by atoms with E-state index < -0.39 is 72.2 Å². The summed E-state index contributed by atoms with van der Waals surface area (Å²) in [7, 11) is 0. The summed E-state index contributed by atoms with van der Waals surface area (Å²) in [5.74, 6) is -3.83. The van der Waals surface area contributed by atoms with E-state index in [1.54, 1.807) is 0 Å². The van der Waals surface area contributed by atoms with Crippen molar-refractivity contribution in [1.82, 2.24) is 9.55 Å². The predicted octanol–water partition coefficient (Wildman–Crippen LogP) is -4.53. The largest absolute Gasteiger partial charge is 0.394 e. The van der Waals surface area contributed by atoms with Crippen molar-refractivity contribution in [2.75, 3.05) is 6.61 Å². The van der Waals surface area contributed by atoms with Gasteiger partial charge in [-0.1, -0.05) is 0 Å². The van der Waals surface area contributed by atoms with Gasteiger partial charge in [-0.05, 0) is 6.92 Å². The molecule has 158 valence electrons. The van der Waals surface area contributed by atoms with E-state index >= 15 is 4.39 Å². The molecule has 1 aromatic rings. The number of nitrogens with zero attached hydrogens (tertiary/aromatic N) is 1. The minimum atomic E-state index is -3.83. The first-order chi connectivity index (χ1) is 13.0. The van der Waals surface area contributed by atoms with Crippen LogP contribution in [0.1, 0.15) is 6.92 Å². The third-order valence-corrected chi connectivity index (χ3v) is 5.10. The van der Waals surface area contributed by atoms with Gasteiger partial charge in [0, 0.05) is 12.3 Å². The highest BCUT2D eigenvalue weighted by molar-refractivity contribution is 5.14. The first-order valence-electron chi connectivity index (χ1n) is 8.39. The number of aliphatic hydroxyl groups excluding tert-OH is 5. The number of H-pyrrole nitrogens is 1. The molecule has 2 aliphatic rings. The van der Waals surface area contributed by atoms with E-state index in [1.165, 1.54) is 6.92 Å². The Kier molecular flexibility index (Phi) is 5.23. The van der Waals surface area contributed by atoms with Crippen LogP contribution in [0.5, 0.6) is 0 Å². The molecular formula is C15H21FN2O10. The fourth-order valence-electron chi connectivity index (χ4n) is 3.71. The Morgan fingerprint density at radius 2 is 1.96 bits per heavy atom. The Morgan fingerprint density at radius 3 is 2.43 bits per heavy atom. The third-order valence-electron chi connectivity index (χ3n) is 5.10. The van der Waals surface area contributed by atoms with Crippen molar-refractivity contribution >= 4 is 0 Å². The Bertz CT molecular complexity index is 841. The lowest BCUT2D eigenvalue weighted by molar-refractivity contribution is -0.310. The molecule has 28 heavy (non-hydrogen) atoms. The highest BCUT2D eigenvalue weighted by Crippen LogP contribution is 2.50. The van der Waals surface area contributed by atoms with Crippen LogP contribution in [0, 0.1) is 0 Å². The van der Waals surface area contributed by atoms with Crippen LogP contribution >= 0.6 is 0 Å². The van der Waals surface area contributed by atoms with Crippen LogP contribution in [0.2, 0.25) is 0 Å². The van der Waals surface area contributed by atoms with Gasteiger partial charge >= 0.3 is 5.69 Å². The van der Waals surface area contributed by atoms with Crippen LogP contribution in [-0.2, 0) is 15.2 Å². The molecule has 1 unspecified atom stereocenters. The molecule has 0 radical (unpaired) electrons. The predicted molar refractivity (Wildman–Crippen MR) is 85.7 cm³/mol. The fraction of sp³-hybridized carbons (Fsp3) is 0.733. The van der Waals surface area contributed by atoms with Gasteiger partial charge in [0.1, 0.15) is 36.6 Å². The Balaban J connectivity index is 2.25. The van der Waals surface area contributed by atoms with Crippen molar-refractivity contribution in [3.8, 4) is 0 Å². The quantitative estimate of drug-likeness (QED) is 0.255. The average molecular weight is 408 g/mol. The van der Waals surface area contributed by atoms with E-state index in [2.05, 4.69) is 0 Å². The van der Waals surface area contributed by atoms with Crippen molar-refractivity contribution in [3.63, 3.8) is 0 Å². The number of aromatic nitrogens is 2. The monoisotopic (exact) mass is 408 g/mol. The lowest BCUT2D eigenvalue weighted by Crippen LogP contribution is -2.66. The zero-order valence-electron chi connectivity index (χ0n) is 14.5. The second kappa shape index (κ2) is 6.96. The van der Waals surface area contributed by atoms with E-state index in [-0.39, 0.29) is 0 Å². The molecule has 2 fully saturated rings. The number of halogens is 1. The Hall–Kier alpha value is -1.71. The highest BCUT2D eigenvalue weighted by Gasteiger charge is 2.75. The molecule has 0 bridgehead atoms. The van der Waals surface area contributed by atoms with Gasteiger partial charge in [-0.15, -0.1) is 0 Å². The van der Waals surface area contributed by atoms with Crippen LogP contribution in [0.15, 0.2) is 21.9 Å². The van der Waals surface area contributed by atoms with E-state index in [0.717, 1.165) is 12.3 Å². The summed E-state index contributed by atoms with van der Waals surface area (Å²) in [5, 5.41) is 60.2. The second-order valence-electron chi connectivity index (χ2n) is 6.88. The van der Waals surface area contributed by atoms with E-state index in [0.29, 0.717) is 4.57 Å². The lowest BCUT2D eigenvalue weighted by atomic mass is 9.90. The summed E-state index contributed by atoms with van der Waals surface area (Å²) in [4.78, 5) is 25.5. The number of hydrogen-bond acceptors (Lipinski definition) is 10. The summed E-state index contributed by atoms with van der Waals surface area (Å²) < 4.78 is 26.5. The van der Waals surface area contributed by atoms with Crippen molar-refractivity contribution in [2.45, 2.75) is 61.2 Å². The third kappa shape index (κ3) is 2.74. The maximum atomic E-state index is 15.5. The number of nitrogens with one attached hydrogen (secondary N) is 1. The zero-order valence-corrected chi connectivity index (χ0v) is 14.5. The van der Waals surface area contributed by atoms with Gasteiger partial charge in [0.05, 0.1) is 12.7 Å². The molecule has 3 rings (SSSR count). The molecule has 0 aliphatic carbocycles. The molecule has 3 heterocycles. The van der Waals surface area contributed by atoms with Gasteiger partial charge in [-0.2, -0.15) is 0 Å². The van der Waals surface area contributed by atoms with Crippen LogP contribution in [-0.4, -0.2) is 95.4 Å². The number of rotatable bonds is 4. The van der Waals surface area contributed by atoms with E-state index in [4.69, 9.17) is 9.47 Å². The van der Waals surface area contributed by atoms with Gasteiger partial charge in [0.15, 0.2) is 0 Å². The van der Waals surface area contributed by atoms with Crippen LogP contribution in [0.4, 0.5) is 4.39 Å². The molecular weight excluding hydrogens is 387 g/mol. The maximum absolute atomic E-state index is 15.5. The number of ether oxygens (including phenoxy) is 2. The Morgan fingerprint density at radius 1 is 1.32 bits per heavy atom. The maximum Gasteiger partial charge on any atom is 0.330 e. The number of aromatic amines is 1. The van der Waals surface area contributed by atoms with E-state index in [1.807, 2.05) is 4.98 Å². The zero-order chi connectivity index (χ0) is 21.0. The molecule has 12 nitrogen and oxygen atoms in total. The summed E-state index contributed by atoms with van der Waals surface area (Å²) in [6, 6.07) is 0.783. The summed E-state index contributed by atoms with van der Waals surface area (Å²) in [6.07, 6.45) is -12.0. The van der Waals surface area contributed by atoms with Gasteiger partial charge in [0.2, 0.25) is 5.72 Å². The summed E-state index contributed by atoms with van der Waals surface area (Å²) in [6.45, 7) is 0.225. The average Bonchev–Trinajstić information content (AvgIpc) is 3.02. The SMILES string of the molecule is CC(O)[C@H]1O[C@@H]([C@@]2(n3ccc(=O)[nH]c3=O)O[C@H](CO)[C@@H](O)[C@]2(O)F)[C@@H](O)[C@@H]1O. The van der Waals surface area contributed by atoms with Crippen LogP contribution in [0.3, 0.4) is 0 Å². The lowest BCUT2D eigenvalue weighted by Gasteiger charge is -2.41. The van der Waals surface area contributed by atoms with Crippen molar-refractivity contribution in [1.29, 1.82) is 0 Å². The molecule has 9 atom stereocenters. The minimum absolute atomic E-state index is 0.346. The number of hydrogen-bond donors (Lipinski definition) is 7. The standard InChI is InChI=1S/C15H21FN2O10/c1-5(20)10-8(22)9(23)12(27-10)15(18-3-2-7(21)17-13(18)25)14(16,26)11(24)6(4-19)28-15/h2-3,5-6,8-12,19-20,22-24,26H,4H2,1H3,(H,17,21,25)/t5?,6-,8+,9+,10-,11-,12-,14-,15-/m1/s1. The normalized spacial score (nSPS) is 44.7. The van der Waals surface area contributed by atoms with E-state index in [9.17, 15) is 40.2 Å². The summed E-state index contributed by atoms with van der Waals surface area (Å²) >= 11 is 0. The molecule has 2 saturated heterocycles. The fourth-order valence-corrected chi connectivity index (χ4v) is 3.71. The molecule has 7 N–H and O–H groups in total. The summed E-state index contributed by atoms with van der Waals surface area (Å²) in [5.41, 5.74) is -5.18. The van der Waals surface area contributed by atoms with Crippen molar-refractivity contribution in [3.05, 3.63) is 33.1 Å². The molecule has 2 aliphatic heterocycles. The van der Waals surface area contributed by atoms with Gasteiger partial charge in [0.25, 0.3) is 11.4 Å². The first kappa shape index (κ1) is 21.0. The Labute approximate surface area is 156 Å². The van der Waals surface area contributed by atoms with Gasteiger partial charge < -0.3 is 40.1 Å². The van der Waals surface area contributed by atoms with Crippen molar-refractivity contribution in [2.24, 2.45) is 0 Å². The first-order valence-corrected chi connectivity index (χ1v) is 8.39. The van der Waals surface area contributed by atoms with Gasteiger partial charge in [-0.25, -0.2) is 9.18 Å². The topological polar surface area (TPSA) is 195 Å². The molecule has 0 saturated carbocycles. The molecule has 0 aromatic carbocycles. The van der Waals surface area contributed by atoms with Crippen molar-refractivity contribution < 1.29 is 44.5 Å².